The van der Waals surface area contributed by atoms with E-state index in [0.717, 1.165) is 0 Å². The fourth-order valence-corrected chi connectivity index (χ4v) is 0.381. The molecule has 0 aliphatic heterocycles. The number of hydrogen-bond donors (Lipinski definition) is 1. The molecule has 2 atom stereocenters. The highest BCUT2D eigenvalue weighted by Gasteiger charge is 2.01. The van der Waals surface area contributed by atoms with Crippen LogP contribution in [0.1, 0.15) is 13.8 Å². The molecule has 0 aliphatic carbocycles. The Bertz CT molecular complexity index is 105. The predicted molar refractivity (Wildman–Crippen MR) is 36.0 cm³/mol. The van der Waals surface area contributed by atoms with E-state index in [1.165, 1.54) is 6.08 Å². The molecule has 2 unspecified atom stereocenters. The number of carbonyl (C=O) groups excluding carboxylic acids is 1. The van der Waals surface area contributed by atoms with Crippen molar-refractivity contribution in [2.45, 2.75) is 20.0 Å². The maximum atomic E-state index is 9.76. The summed E-state index contributed by atoms with van der Waals surface area (Å²) in [5.74, 6) is 0.0650. The normalized spacial score (nSPS) is 17.7. The van der Waals surface area contributed by atoms with Crippen LogP contribution in [-0.2, 0) is 4.79 Å². The summed E-state index contributed by atoms with van der Waals surface area (Å²) in [5, 5.41) is 8.88. The summed E-state index contributed by atoms with van der Waals surface area (Å²) in [5.41, 5.74) is 0. The predicted octanol–water partition coefficient (Wildman–Crippen LogP) is 0.758. The molecule has 0 fully saturated rings. The molecule has 1 N–H and O–H groups in total. The molecule has 0 aromatic rings. The first kappa shape index (κ1) is 8.37. The third-order valence-electron chi connectivity index (χ3n) is 1.25. The Hall–Kier alpha value is -0.630. The lowest BCUT2D eigenvalue weighted by Gasteiger charge is -2.07. The van der Waals surface area contributed by atoms with Gasteiger partial charge in [0, 0.05) is 5.92 Å². The molecule has 9 heavy (non-hydrogen) atoms. The summed E-state index contributed by atoms with van der Waals surface area (Å²) in [6, 6.07) is 0. The molecule has 0 rings (SSSR count). The number of rotatable bonds is 3. The molecule has 0 saturated carbocycles. The van der Waals surface area contributed by atoms with E-state index in [9.17, 15) is 4.79 Å². The first-order chi connectivity index (χ1) is 4.18. The van der Waals surface area contributed by atoms with Gasteiger partial charge in [0.15, 0.2) is 0 Å². The van der Waals surface area contributed by atoms with Crippen LogP contribution in [0.25, 0.3) is 0 Å². The molecule has 0 radical (unpaired) electrons. The van der Waals surface area contributed by atoms with Gasteiger partial charge in [0.25, 0.3) is 0 Å². The van der Waals surface area contributed by atoms with Crippen LogP contribution in [0, 0.1) is 5.92 Å². The van der Waals surface area contributed by atoms with Gasteiger partial charge in [-0.1, -0.05) is 13.0 Å². The van der Waals surface area contributed by atoms with Gasteiger partial charge < -0.3 is 5.11 Å². The van der Waals surface area contributed by atoms with E-state index >= 15 is 0 Å². The molecule has 2 heteroatoms. The number of hydrogen-bond acceptors (Lipinski definition) is 2. The highest BCUT2D eigenvalue weighted by atomic mass is 16.3. The molecule has 0 saturated heterocycles. The Balaban J connectivity index is 3.61. The second-order valence-corrected chi connectivity index (χ2v) is 2.12. The smallest absolute Gasteiger partial charge is 0.142 e. The van der Waals surface area contributed by atoms with Gasteiger partial charge in [-0.05, 0) is 13.0 Å². The zero-order valence-corrected chi connectivity index (χ0v) is 5.74. The topological polar surface area (TPSA) is 37.3 Å². The third-order valence-corrected chi connectivity index (χ3v) is 1.25. The van der Waals surface area contributed by atoms with Gasteiger partial charge >= 0.3 is 0 Å². The van der Waals surface area contributed by atoms with E-state index in [1.54, 1.807) is 13.0 Å². The van der Waals surface area contributed by atoms with Crippen molar-refractivity contribution in [2.75, 3.05) is 0 Å². The summed E-state index contributed by atoms with van der Waals surface area (Å²) >= 11 is 0. The van der Waals surface area contributed by atoms with Crippen molar-refractivity contribution in [3.63, 3.8) is 0 Å². The first-order valence-electron chi connectivity index (χ1n) is 2.98. The molecule has 0 amide bonds. The quantitative estimate of drug-likeness (QED) is 0.450. The molecule has 0 aliphatic rings. The van der Waals surface area contributed by atoms with Crippen molar-refractivity contribution in [1.29, 1.82) is 0 Å². The monoisotopic (exact) mass is 128 g/mol. The molecular formula is C7H12O2. The van der Waals surface area contributed by atoms with Crippen LogP contribution in [-0.4, -0.2) is 17.5 Å². The van der Waals surface area contributed by atoms with E-state index in [2.05, 4.69) is 0 Å². The molecule has 0 bridgehead atoms. The van der Waals surface area contributed by atoms with Crippen LogP contribution in [0.4, 0.5) is 0 Å². The molecule has 0 heterocycles. The van der Waals surface area contributed by atoms with Gasteiger partial charge in [0.2, 0.25) is 0 Å². The third kappa shape index (κ3) is 3.91. The Morgan fingerprint density at radius 1 is 1.44 bits per heavy atom. The SMILES string of the molecule is CC(O)C(C)C=CC=O. The minimum Gasteiger partial charge on any atom is -0.393 e. The van der Waals surface area contributed by atoms with E-state index in [1.807, 2.05) is 6.92 Å². The lowest BCUT2D eigenvalue weighted by atomic mass is 10.1. The van der Waals surface area contributed by atoms with Crippen molar-refractivity contribution in [3.8, 4) is 0 Å². The Kier molecular flexibility index (Phi) is 3.97. The Morgan fingerprint density at radius 3 is 2.33 bits per heavy atom. The number of allylic oxidation sites excluding steroid dienone is 1. The fourth-order valence-electron chi connectivity index (χ4n) is 0.381. The number of carbonyl (C=O) groups is 1. The molecule has 2 nitrogen and oxygen atoms in total. The maximum absolute atomic E-state index is 9.76. The van der Waals surface area contributed by atoms with Gasteiger partial charge in [-0.15, -0.1) is 0 Å². The van der Waals surface area contributed by atoms with Gasteiger partial charge in [0.1, 0.15) is 6.29 Å². The van der Waals surface area contributed by atoms with Crippen LogP contribution in [0.15, 0.2) is 12.2 Å². The lowest BCUT2D eigenvalue weighted by molar-refractivity contribution is -0.104. The van der Waals surface area contributed by atoms with Crippen LogP contribution >= 0.6 is 0 Å². The molecule has 0 aromatic carbocycles. The van der Waals surface area contributed by atoms with E-state index in [0.29, 0.717) is 6.29 Å². The molecular weight excluding hydrogens is 116 g/mol. The minimum atomic E-state index is -0.374. The lowest BCUT2D eigenvalue weighted by Crippen LogP contribution is -2.09. The van der Waals surface area contributed by atoms with Crippen molar-refractivity contribution in [1.82, 2.24) is 0 Å². The van der Waals surface area contributed by atoms with E-state index in [4.69, 9.17) is 5.11 Å². The summed E-state index contributed by atoms with van der Waals surface area (Å²) in [6.07, 6.45) is 3.41. The molecule has 52 valence electrons. The highest BCUT2D eigenvalue weighted by molar-refractivity contribution is 5.64. The van der Waals surface area contributed by atoms with Gasteiger partial charge in [-0.3, -0.25) is 4.79 Å². The summed E-state index contributed by atoms with van der Waals surface area (Å²) in [6.45, 7) is 3.55. The van der Waals surface area contributed by atoms with E-state index in [-0.39, 0.29) is 12.0 Å². The second-order valence-electron chi connectivity index (χ2n) is 2.12. The average Bonchev–Trinajstić information content (AvgIpc) is 1.82. The summed E-state index contributed by atoms with van der Waals surface area (Å²) in [4.78, 5) is 9.76. The zero-order chi connectivity index (χ0) is 7.28. The molecule has 0 aromatic heterocycles. The van der Waals surface area contributed by atoms with E-state index < -0.39 is 0 Å². The number of aliphatic hydroxyl groups is 1. The molecule has 0 spiro atoms. The van der Waals surface area contributed by atoms with Gasteiger partial charge in [0.05, 0.1) is 6.10 Å². The summed E-state index contributed by atoms with van der Waals surface area (Å²) < 4.78 is 0. The first-order valence-corrected chi connectivity index (χ1v) is 2.98. The largest absolute Gasteiger partial charge is 0.393 e. The minimum absolute atomic E-state index is 0.0650. The second kappa shape index (κ2) is 4.27. The maximum Gasteiger partial charge on any atom is 0.142 e. The number of aldehydes is 1. The average molecular weight is 128 g/mol. The van der Waals surface area contributed by atoms with Crippen molar-refractivity contribution in [2.24, 2.45) is 5.92 Å². The van der Waals surface area contributed by atoms with Crippen molar-refractivity contribution >= 4 is 6.29 Å². The van der Waals surface area contributed by atoms with Crippen molar-refractivity contribution in [3.05, 3.63) is 12.2 Å². The zero-order valence-electron chi connectivity index (χ0n) is 5.74. The van der Waals surface area contributed by atoms with Crippen LogP contribution < -0.4 is 0 Å². The summed E-state index contributed by atoms with van der Waals surface area (Å²) in [7, 11) is 0. The van der Waals surface area contributed by atoms with Crippen LogP contribution in [0.5, 0.6) is 0 Å². The van der Waals surface area contributed by atoms with Crippen LogP contribution in [0.2, 0.25) is 0 Å². The van der Waals surface area contributed by atoms with Crippen molar-refractivity contribution < 1.29 is 9.90 Å². The Labute approximate surface area is 55.2 Å². The Morgan fingerprint density at radius 2 is 2.00 bits per heavy atom. The van der Waals surface area contributed by atoms with Gasteiger partial charge in [-0.25, -0.2) is 0 Å². The standard InChI is InChI=1S/C7H12O2/c1-6(7(2)9)4-3-5-8/h3-7,9H,1-2H3. The van der Waals surface area contributed by atoms with Crippen LogP contribution in [0.3, 0.4) is 0 Å². The fraction of sp³-hybridized carbons (Fsp3) is 0.571. The number of aliphatic hydroxyl groups excluding tert-OH is 1. The van der Waals surface area contributed by atoms with Gasteiger partial charge in [-0.2, -0.15) is 0 Å². The highest BCUT2D eigenvalue weighted by Crippen LogP contribution is 2.01.